The molecule has 4 fully saturated rings. The molecule has 3 aliphatic carbocycles. The van der Waals surface area contributed by atoms with E-state index >= 15 is 0 Å². The SMILES string of the molecule is CCCCC(NC(=O)[C@@H]1CCCN1C(=O)[C@@H](NC(=O)NC1(CS(=O)(=O)N(CC)C(C)(C)C)CCCCC1)C1(C)CCCCC1)C(=O)C(=O)NC1CC1. The summed E-state index contributed by atoms with van der Waals surface area (Å²) in [6.07, 6.45) is 12.2. The molecule has 4 N–H and O–H groups in total. The number of hydrogen-bond donors (Lipinski definition) is 4. The van der Waals surface area contributed by atoms with Crippen LogP contribution < -0.4 is 21.3 Å². The lowest BCUT2D eigenvalue weighted by atomic mass is 9.70. The highest BCUT2D eigenvalue weighted by Crippen LogP contribution is 2.40. The number of unbranched alkanes of at least 4 members (excludes halogenated alkanes) is 1. The zero-order chi connectivity index (χ0) is 38.3. The topological polar surface area (TPSA) is 174 Å². The van der Waals surface area contributed by atoms with Gasteiger partial charge in [0.05, 0.1) is 17.3 Å². The number of amides is 5. The van der Waals surface area contributed by atoms with Crippen LogP contribution in [0.1, 0.15) is 151 Å². The lowest BCUT2D eigenvalue weighted by molar-refractivity contribution is -0.144. The minimum absolute atomic E-state index is 0.0108. The van der Waals surface area contributed by atoms with Crippen LogP contribution in [0, 0.1) is 5.41 Å². The van der Waals surface area contributed by atoms with Crippen molar-refractivity contribution in [1.82, 2.24) is 30.5 Å². The van der Waals surface area contributed by atoms with E-state index in [9.17, 15) is 32.4 Å². The molecule has 296 valence electrons. The van der Waals surface area contributed by atoms with Gasteiger partial charge in [0.1, 0.15) is 12.1 Å². The van der Waals surface area contributed by atoms with Crippen molar-refractivity contribution in [2.24, 2.45) is 5.41 Å². The molecule has 1 saturated heterocycles. The molecule has 0 aromatic carbocycles. The van der Waals surface area contributed by atoms with E-state index in [1.54, 1.807) is 0 Å². The van der Waals surface area contributed by atoms with Crippen molar-refractivity contribution in [2.45, 2.75) is 186 Å². The van der Waals surface area contributed by atoms with E-state index < -0.39 is 68.3 Å². The summed E-state index contributed by atoms with van der Waals surface area (Å²) >= 11 is 0. The number of rotatable bonds is 16. The van der Waals surface area contributed by atoms with Crippen LogP contribution in [0.15, 0.2) is 0 Å². The number of carbonyl (C=O) groups excluding carboxylic acids is 5. The predicted octanol–water partition coefficient (Wildman–Crippen LogP) is 4.29. The molecule has 0 spiro atoms. The number of carbonyl (C=O) groups is 5. The van der Waals surface area contributed by atoms with E-state index in [4.69, 9.17) is 0 Å². The summed E-state index contributed by atoms with van der Waals surface area (Å²) in [7, 11) is -3.75. The van der Waals surface area contributed by atoms with Crippen molar-refractivity contribution in [2.75, 3.05) is 18.8 Å². The van der Waals surface area contributed by atoms with Crippen LogP contribution in [0.5, 0.6) is 0 Å². The maximum absolute atomic E-state index is 14.6. The monoisotopic (exact) mass is 750 g/mol. The van der Waals surface area contributed by atoms with Gasteiger partial charge in [-0.15, -0.1) is 0 Å². The van der Waals surface area contributed by atoms with Gasteiger partial charge in [0.2, 0.25) is 27.6 Å². The van der Waals surface area contributed by atoms with Gasteiger partial charge in [-0.2, -0.15) is 4.31 Å². The van der Waals surface area contributed by atoms with Gasteiger partial charge in [0.25, 0.3) is 5.91 Å². The highest BCUT2D eigenvalue weighted by Gasteiger charge is 2.48. The first-order valence-corrected chi connectivity index (χ1v) is 21.6. The first-order valence-electron chi connectivity index (χ1n) is 20.0. The molecule has 4 aliphatic rings. The normalized spacial score (nSPS) is 23.0. The Hall–Kier alpha value is -2.74. The molecule has 0 bridgehead atoms. The van der Waals surface area contributed by atoms with Gasteiger partial charge in [0.15, 0.2) is 0 Å². The number of Topliss-reactive ketones (excluding diaryl/α,β-unsaturated/α-hetero) is 1. The summed E-state index contributed by atoms with van der Waals surface area (Å²) in [5.41, 5.74) is -2.18. The van der Waals surface area contributed by atoms with Gasteiger partial charge in [0, 0.05) is 24.7 Å². The van der Waals surface area contributed by atoms with E-state index in [0.717, 1.165) is 57.8 Å². The van der Waals surface area contributed by atoms with Gasteiger partial charge >= 0.3 is 6.03 Å². The van der Waals surface area contributed by atoms with Crippen LogP contribution in [0.3, 0.4) is 0 Å². The Morgan fingerprint density at radius 1 is 0.865 bits per heavy atom. The fourth-order valence-electron chi connectivity index (χ4n) is 8.70. The molecule has 13 nitrogen and oxygen atoms in total. The largest absolute Gasteiger partial charge is 0.347 e. The maximum atomic E-state index is 14.6. The van der Waals surface area contributed by atoms with E-state index in [0.29, 0.717) is 64.5 Å². The number of ketones is 1. The highest BCUT2D eigenvalue weighted by molar-refractivity contribution is 7.89. The van der Waals surface area contributed by atoms with Gasteiger partial charge < -0.3 is 26.2 Å². The maximum Gasteiger partial charge on any atom is 0.315 e. The van der Waals surface area contributed by atoms with Crippen LogP contribution >= 0.6 is 0 Å². The Balaban J connectivity index is 1.54. The molecule has 3 atom stereocenters. The van der Waals surface area contributed by atoms with Crippen LogP contribution in [0.2, 0.25) is 0 Å². The Morgan fingerprint density at radius 3 is 2.04 bits per heavy atom. The van der Waals surface area contributed by atoms with Crippen molar-refractivity contribution in [1.29, 1.82) is 0 Å². The molecule has 52 heavy (non-hydrogen) atoms. The zero-order valence-electron chi connectivity index (χ0n) is 32.6. The van der Waals surface area contributed by atoms with Crippen LogP contribution in [-0.2, 0) is 29.2 Å². The van der Waals surface area contributed by atoms with Crippen LogP contribution in [-0.4, -0.2) is 101 Å². The lowest BCUT2D eigenvalue weighted by Crippen LogP contribution is -2.64. The molecule has 1 unspecified atom stereocenters. The molecule has 1 heterocycles. The average molecular weight is 751 g/mol. The summed E-state index contributed by atoms with van der Waals surface area (Å²) in [4.78, 5) is 69.9. The number of urea groups is 1. The first-order chi connectivity index (χ1) is 24.4. The van der Waals surface area contributed by atoms with Crippen molar-refractivity contribution in [3.8, 4) is 0 Å². The van der Waals surface area contributed by atoms with Crippen molar-refractivity contribution in [3.63, 3.8) is 0 Å². The second-order valence-electron chi connectivity index (χ2n) is 17.2. The molecule has 0 aromatic heterocycles. The second kappa shape index (κ2) is 17.6. The van der Waals surface area contributed by atoms with Crippen molar-refractivity contribution >= 4 is 39.6 Å². The average Bonchev–Trinajstić information content (AvgIpc) is 3.74. The number of sulfonamides is 1. The minimum atomic E-state index is -3.75. The Morgan fingerprint density at radius 2 is 1.48 bits per heavy atom. The lowest BCUT2D eigenvalue weighted by Gasteiger charge is -2.44. The van der Waals surface area contributed by atoms with Gasteiger partial charge in [-0.25, -0.2) is 13.2 Å². The summed E-state index contributed by atoms with van der Waals surface area (Å²) < 4.78 is 29.2. The standard InChI is InChI=1S/C38H66N6O7S/c1-7-9-17-28(30(45)33(47)39-27-19-20-27)40-32(46)29-18-16-25-43(29)34(48)31(37(6)21-12-10-13-22-37)41-35(49)42-38(23-14-11-15-24-38)26-52(50,51)44(8-2)36(3,4)5/h27-29,31H,7-26H2,1-6H3,(H,39,47)(H,40,46)(H2,41,42,49)/t28?,29-,31+/m0/s1. The third-order valence-corrected chi connectivity index (χ3v) is 14.1. The van der Waals surface area contributed by atoms with Crippen LogP contribution in [0.4, 0.5) is 4.79 Å². The first kappa shape index (κ1) is 42.0. The van der Waals surface area contributed by atoms with E-state index in [2.05, 4.69) is 21.3 Å². The molecular formula is C38H66N6O7S. The van der Waals surface area contributed by atoms with Gasteiger partial charge in [-0.1, -0.05) is 72.1 Å². The second-order valence-corrected chi connectivity index (χ2v) is 19.1. The smallest absolute Gasteiger partial charge is 0.315 e. The Labute approximate surface area is 312 Å². The van der Waals surface area contributed by atoms with E-state index in [-0.39, 0.29) is 17.7 Å². The summed E-state index contributed by atoms with van der Waals surface area (Å²) in [6.45, 7) is 12.0. The summed E-state index contributed by atoms with van der Waals surface area (Å²) in [5, 5.41) is 11.7. The summed E-state index contributed by atoms with van der Waals surface area (Å²) in [6, 6.07) is -3.33. The fraction of sp³-hybridized carbons (Fsp3) is 0.868. The number of nitrogens with zero attached hydrogens (tertiary/aromatic N) is 2. The molecule has 1 aliphatic heterocycles. The molecule has 4 rings (SSSR count). The number of nitrogens with one attached hydrogen (secondary N) is 4. The number of hydrogen-bond acceptors (Lipinski definition) is 7. The molecule has 0 aromatic rings. The predicted molar refractivity (Wildman–Crippen MR) is 201 cm³/mol. The molecule has 5 amide bonds. The Kier molecular flexibility index (Phi) is 14.2. The summed E-state index contributed by atoms with van der Waals surface area (Å²) in [5.74, 6) is -2.40. The molecule has 3 saturated carbocycles. The molecular weight excluding hydrogens is 685 g/mol. The third-order valence-electron chi connectivity index (χ3n) is 11.7. The highest BCUT2D eigenvalue weighted by atomic mass is 32.2. The third kappa shape index (κ3) is 10.7. The molecule has 0 radical (unpaired) electrons. The van der Waals surface area contributed by atoms with E-state index in [1.807, 2.05) is 41.5 Å². The van der Waals surface area contributed by atoms with Crippen molar-refractivity contribution in [3.05, 3.63) is 0 Å². The van der Waals surface area contributed by atoms with Crippen LogP contribution in [0.25, 0.3) is 0 Å². The Bertz CT molecular complexity index is 1400. The minimum Gasteiger partial charge on any atom is -0.347 e. The quantitative estimate of drug-likeness (QED) is 0.170. The molecule has 14 heteroatoms. The van der Waals surface area contributed by atoms with Gasteiger partial charge in [-0.05, 0) is 84.0 Å². The van der Waals surface area contributed by atoms with E-state index in [1.165, 1.54) is 9.21 Å². The van der Waals surface area contributed by atoms with Gasteiger partial charge in [-0.3, -0.25) is 19.2 Å². The zero-order valence-corrected chi connectivity index (χ0v) is 33.4. The number of likely N-dealkylation sites (tertiary alicyclic amines) is 1. The fourth-order valence-corrected chi connectivity index (χ4v) is 11.1. The van der Waals surface area contributed by atoms with Crippen molar-refractivity contribution < 1.29 is 32.4 Å².